The summed E-state index contributed by atoms with van der Waals surface area (Å²) in [5.41, 5.74) is 4.97. The summed E-state index contributed by atoms with van der Waals surface area (Å²) in [6.45, 7) is 4.35. The lowest BCUT2D eigenvalue weighted by atomic mass is 9.74. The van der Waals surface area contributed by atoms with Crippen molar-refractivity contribution in [1.82, 2.24) is 14.8 Å². The molecule has 2 aromatic carbocycles. The lowest BCUT2D eigenvalue weighted by Crippen LogP contribution is -2.67. The van der Waals surface area contributed by atoms with Crippen LogP contribution in [0.5, 0.6) is 0 Å². The van der Waals surface area contributed by atoms with Crippen LogP contribution in [-0.4, -0.2) is 58.2 Å². The van der Waals surface area contributed by atoms with Gasteiger partial charge in [-0.3, -0.25) is 14.8 Å². The van der Waals surface area contributed by atoms with Crippen LogP contribution in [0.4, 0.5) is 0 Å². The maximum Gasteiger partial charge on any atom is 0.0593 e. The Morgan fingerprint density at radius 1 is 0.839 bits per heavy atom. The Hall–Kier alpha value is -2.53. The van der Waals surface area contributed by atoms with Gasteiger partial charge in [0, 0.05) is 37.3 Å². The predicted molar refractivity (Wildman–Crippen MR) is 125 cm³/mol. The molecule has 3 heterocycles. The first-order valence-electron chi connectivity index (χ1n) is 11.5. The first kappa shape index (κ1) is 20.4. The van der Waals surface area contributed by atoms with E-state index in [1.165, 1.54) is 29.5 Å². The predicted octanol–water partition coefficient (Wildman–Crippen LogP) is 4.17. The molecule has 0 amide bonds. The lowest BCUT2D eigenvalue weighted by Gasteiger charge is -2.57. The Morgan fingerprint density at radius 2 is 1.58 bits per heavy atom. The molecule has 2 saturated heterocycles. The summed E-state index contributed by atoms with van der Waals surface area (Å²) in [5, 5.41) is 10.2. The van der Waals surface area contributed by atoms with Crippen molar-refractivity contribution in [2.24, 2.45) is 0 Å². The second-order valence-electron chi connectivity index (χ2n) is 8.83. The van der Waals surface area contributed by atoms with Gasteiger partial charge in [0.15, 0.2) is 0 Å². The van der Waals surface area contributed by atoms with Gasteiger partial charge in [-0.2, -0.15) is 0 Å². The van der Waals surface area contributed by atoms with Crippen LogP contribution >= 0.6 is 0 Å². The van der Waals surface area contributed by atoms with E-state index in [0.29, 0.717) is 12.0 Å². The van der Waals surface area contributed by atoms with Gasteiger partial charge in [0.05, 0.1) is 12.3 Å². The summed E-state index contributed by atoms with van der Waals surface area (Å²) in [7, 11) is 0. The minimum Gasteiger partial charge on any atom is -0.395 e. The number of benzene rings is 2. The number of nitrogens with zero attached hydrogens (tertiary/aromatic N) is 3. The van der Waals surface area contributed by atoms with Crippen molar-refractivity contribution in [2.45, 2.75) is 37.4 Å². The van der Waals surface area contributed by atoms with Crippen molar-refractivity contribution in [2.75, 3.05) is 26.2 Å². The number of aliphatic hydroxyl groups is 1. The molecule has 3 atom stereocenters. The highest BCUT2D eigenvalue weighted by molar-refractivity contribution is 5.63. The van der Waals surface area contributed by atoms with Crippen LogP contribution in [0.1, 0.15) is 30.0 Å². The first-order valence-corrected chi connectivity index (χ1v) is 11.5. The molecule has 31 heavy (non-hydrogen) atoms. The van der Waals surface area contributed by atoms with Crippen molar-refractivity contribution < 1.29 is 5.11 Å². The monoisotopic (exact) mass is 413 g/mol. The van der Waals surface area contributed by atoms with Crippen molar-refractivity contribution >= 4 is 0 Å². The summed E-state index contributed by atoms with van der Waals surface area (Å²) >= 11 is 0. The SMILES string of the molecule is OC[C@@H]1[C@H](c2ccc(-c3ccccc3)cc2)[C@H]2CN(Cc3ccccn3)CCCCN12. The highest BCUT2D eigenvalue weighted by atomic mass is 16.3. The van der Waals surface area contributed by atoms with E-state index >= 15 is 0 Å². The zero-order chi connectivity index (χ0) is 21.0. The van der Waals surface area contributed by atoms with Crippen LogP contribution in [0.25, 0.3) is 11.1 Å². The molecule has 2 fully saturated rings. The molecule has 0 saturated carbocycles. The lowest BCUT2D eigenvalue weighted by molar-refractivity contribution is -0.0656. The molecule has 0 radical (unpaired) electrons. The first-order chi connectivity index (χ1) is 15.3. The van der Waals surface area contributed by atoms with E-state index in [9.17, 15) is 5.11 Å². The largest absolute Gasteiger partial charge is 0.395 e. The molecule has 0 spiro atoms. The van der Waals surface area contributed by atoms with Crippen LogP contribution in [-0.2, 0) is 6.54 Å². The minimum absolute atomic E-state index is 0.224. The summed E-state index contributed by atoms with van der Waals surface area (Å²) < 4.78 is 0. The molecule has 4 nitrogen and oxygen atoms in total. The van der Waals surface area contributed by atoms with Gasteiger partial charge in [-0.25, -0.2) is 0 Å². The smallest absolute Gasteiger partial charge is 0.0593 e. The Kier molecular flexibility index (Phi) is 6.12. The second-order valence-corrected chi connectivity index (χ2v) is 8.83. The third kappa shape index (κ3) is 4.29. The van der Waals surface area contributed by atoms with Crippen LogP contribution in [0.2, 0.25) is 0 Å². The zero-order valence-electron chi connectivity index (χ0n) is 18.0. The number of hydrogen-bond donors (Lipinski definition) is 1. The van der Waals surface area contributed by atoms with Crippen molar-refractivity contribution in [3.05, 3.63) is 90.3 Å². The maximum atomic E-state index is 10.2. The number of fused-ring (bicyclic) bond motifs is 1. The van der Waals surface area contributed by atoms with E-state index in [0.717, 1.165) is 31.9 Å². The molecule has 0 aliphatic carbocycles. The Labute approximate surface area is 185 Å². The molecule has 1 aromatic heterocycles. The Bertz CT molecular complexity index is 961. The normalized spacial score (nSPS) is 24.6. The zero-order valence-corrected chi connectivity index (χ0v) is 18.0. The molecule has 2 aliphatic heterocycles. The minimum atomic E-state index is 0.224. The average molecular weight is 414 g/mol. The second kappa shape index (κ2) is 9.31. The molecule has 2 aliphatic rings. The Balaban J connectivity index is 1.36. The number of rotatable bonds is 5. The fourth-order valence-electron chi connectivity index (χ4n) is 5.40. The highest BCUT2D eigenvalue weighted by Gasteiger charge is 2.49. The van der Waals surface area contributed by atoms with Gasteiger partial charge in [-0.15, -0.1) is 0 Å². The highest BCUT2D eigenvalue weighted by Crippen LogP contribution is 2.42. The van der Waals surface area contributed by atoms with Gasteiger partial charge in [0.1, 0.15) is 0 Å². The summed E-state index contributed by atoms with van der Waals surface area (Å²) in [6, 6.07) is 26.4. The van der Waals surface area contributed by atoms with E-state index in [4.69, 9.17) is 0 Å². The average Bonchev–Trinajstić information content (AvgIpc) is 2.81. The van der Waals surface area contributed by atoms with Gasteiger partial charge >= 0.3 is 0 Å². The van der Waals surface area contributed by atoms with Crippen LogP contribution < -0.4 is 0 Å². The topological polar surface area (TPSA) is 39.6 Å². The van der Waals surface area contributed by atoms with Gasteiger partial charge in [0.25, 0.3) is 0 Å². The third-order valence-corrected chi connectivity index (χ3v) is 6.97. The van der Waals surface area contributed by atoms with Crippen molar-refractivity contribution in [3.63, 3.8) is 0 Å². The number of hydrogen-bond acceptors (Lipinski definition) is 4. The van der Waals surface area contributed by atoms with Crippen LogP contribution in [0.15, 0.2) is 79.0 Å². The van der Waals surface area contributed by atoms with Gasteiger partial charge < -0.3 is 5.11 Å². The van der Waals surface area contributed by atoms with Gasteiger partial charge in [0.2, 0.25) is 0 Å². The fourth-order valence-corrected chi connectivity index (χ4v) is 5.40. The number of pyridine rings is 1. The van der Waals surface area contributed by atoms with Crippen molar-refractivity contribution in [3.8, 4) is 11.1 Å². The molecule has 160 valence electrons. The van der Waals surface area contributed by atoms with Crippen LogP contribution in [0.3, 0.4) is 0 Å². The molecular formula is C27H31N3O. The van der Waals surface area contributed by atoms with E-state index < -0.39 is 0 Å². The molecule has 4 heteroatoms. The van der Waals surface area contributed by atoms with E-state index in [1.54, 1.807) is 0 Å². The molecule has 5 rings (SSSR count). The molecule has 0 bridgehead atoms. The van der Waals surface area contributed by atoms with E-state index in [1.807, 2.05) is 12.3 Å². The molecule has 3 aromatic rings. The summed E-state index contributed by atoms with van der Waals surface area (Å²) in [6.07, 6.45) is 4.27. The van der Waals surface area contributed by atoms with Crippen molar-refractivity contribution in [1.29, 1.82) is 0 Å². The fraction of sp³-hybridized carbons (Fsp3) is 0.370. The number of aromatic nitrogens is 1. The van der Waals surface area contributed by atoms with Crippen LogP contribution in [0, 0.1) is 0 Å². The van der Waals surface area contributed by atoms with E-state index in [-0.39, 0.29) is 12.6 Å². The molecular weight excluding hydrogens is 382 g/mol. The van der Waals surface area contributed by atoms with E-state index in [2.05, 4.69) is 81.5 Å². The maximum absolute atomic E-state index is 10.2. The quantitative estimate of drug-likeness (QED) is 0.681. The molecule has 1 N–H and O–H groups in total. The summed E-state index contributed by atoms with van der Waals surface area (Å²) in [5.74, 6) is 0.374. The van der Waals surface area contributed by atoms with Gasteiger partial charge in [-0.1, -0.05) is 60.7 Å². The third-order valence-electron chi connectivity index (χ3n) is 6.97. The molecule has 0 unspecified atom stereocenters. The number of aliphatic hydroxyl groups excluding tert-OH is 1. The standard InChI is InChI=1S/C27H31N3O/c31-20-26-27(23-13-11-22(12-14-23)21-8-2-1-3-9-21)25-19-29(16-6-7-17-30(25)26)18-24-10-4-5-15-28-24/h1-5,8-15,25-27,31H,6-7,16-20H2/t25-,26-,27-/m1/s1. The summed E-state index contributed by atoms with van der Waals surface area (Å²) in [4.78, 5) is 9.64. The van der Waals surface area contributed by atoms with Gasteiger partial charge in [-0.05, 0) is 54.8 Å². The Morgan fingerprint density at radius 3 is 2.32 bits per heavy atom.